The molecular formula is C27H27BrFNO5. The minimum atomic E-state index is -0.852. The lowest BCUT2D eigenvalue weighted by Gasteiger charge is -2.38. The first kappa shape index (κ1) is 25.0. The van der Waals surface area contributed by atoms with Crippen LogP contribution in [0.15, 0.2) is 69.7 Å². The summed E-state index contributed by atoms with van der Waals surface area (Å²) >= 11 is 3.48. The molecule has 0 amide bonds. The number of benzene rings is 2. The van der Waals surface area contributed by atoms with E-state index in [0.717, 1.165) is 0 Å². The van der Waals surface area contributed by atoms with Crippen LogP contribution in [0.1, 0.15) is 50.7 Å². The molecule has 0 spiro atoms. The van der Waals surface area contributed by atoms with Gasteiger partial charge in [0.1, 0.15) is 29.5 Å². The first-order chi connectivity index (χ1) is 16.6. The molecular weight excluding hydrogens is 517 g/mol. The number of nitrogens with two attached hydrogens (primary N) is 1. The molecule has 1 unspecified atom stereocenters. The number of halogens is 2. The summed E-state index contributed by atoms with van der Waals surface area (Å²) in [5.74, 6) is -1.30. The van der Waals surface area contributed by atoms with Crippen LogP contribution in [0.3, 0.4) is 0 Å². The maximum Gasteiger partial charge on any atom is 0.340 e. The predicted octanol–water partition coefficient (Wildman–Crippen LogP) is 5.66. The highest BCUT2D eigenvalue weighted by Crippen LogP contribution is 2.50. The zero-order chi connectivity index (χ0) is 25.3. The van der Waals surface area contributed by atoms with Gasteiger partial charge in [-0.2, -0.15) is 0 Å². The van der Waals surface area contributed by atoms with Crippen LogP contribution in [0.4, 0.5) is 4.39 Å². The van der Waals surface area contributed by atoms with Gasteiger partial charge in [-0.05, 0) is 36.6 Å². The summed E-state index contributed by atoms with van der Waals surface area (Å²) in [6.07, 6.45) is 0.780. The van der Waals surface area contributed by atoms with Gasteiger partial charge in [-0.1, -0.05) is 48.0 Å². The van der Waals surface area contributed by atoms with Crippen LogP contribution in [-0.2, 0) is 25.7 Å². The smallest absolute Gasteiger partial charge is 0.340 e. The summed E-state index contributed by atoms with van der Waals surface area (Å²) in [5.41, 5.74) is 7.28. The third-order valence-corrected chi connectivity index (χ3v) is 6.57. The molecule has 1 aliphatic carbocycles. The Labute approximate surface area is 212 Å². The number of esters is 1. The fourth-order valence-electron chi connectivity index (χ4n) is 4.55. The van der Waals surface area contributed by atoms with Gasteiger partial charge < -0.3 is 19.9 Å². The zero-order valence-corrected chi connectivity index (χ0v) is 21.4. The van der Waals surface area contributed by atoms with Gasteiger partial charge in [-0.25, -0.2) is 9.18 Å². The molecule has 2 aliphatic rings. The van der Waals surface area contributed by atoms with E-state index < -0.39 is 11.9 Å². The van der Waals surface area contributed by atoms with E-state index in [9.17, 15) is 14.0 Å². The second-order valence-electron chi connectivity index (χ2n) is 9.37. The molecule has 1 heterocycles. The van der Waals surface area contributed by atoms with E-state index >= 15 is 0 Å². The largest absolute Gasteiger partial charge is 0.488 e. The maximum atomic E-state index is 14.2. The SMILES string of the molecule is CCOC(=O)C1=C(N)OC2=C(C(=O)CC(C)(C)C2)C1c1cc(Br)ccc1OCc1ccccc1F. The average Bonchev–Trinajstić information content (AvgIpc) is 2.77. The summed E-state index contributed by atoms with van der Waals surface area (Å²) in [6, 6.07) is 11.6. The Kier molecular flexibility index (Phi) is 7.03. The van der Waals surface area contributed by atoms with Gasteiger partial charge in [0.15, 0.2) is 5.78 Å². The molecule has 2 aromatic carbocycles. The van der Waals surface area contributed by atoms with Crippen molar-refractivity contribution in [2.45, 2.75) is 46.1 Å². The second-order valence-corrected chi connectivity index (χ2v) is 10.3. The van der Waals surface area contributed by atoms with E-state index in [4.69, 9.17) is 19.9 Å². The monoisotopic (exact) mass is 543 g/mol. The number of carbonyl (C=O) groups is 2. The Morgan fingerprint density at radius 1 is 1.23 bits per heavy atom. The summed E-state index contributed by atoms with van der Waals surface area (Å²) in [5, 5.41) is 0. The Morgan fingerprint density at radius 3 is 2.69 bits per heavy atom. The third-order valence-electron chi connectivity index (χ3n) is 6.07. The Morgan fingerprint density at radius 2 is 1.97 bits per heavy atom. The number of hydrogen-bond donors (Lipinski definition) is 1. The molecule has 0 saturated carbocycles. The van der Waals surface area contributed by atoms with Crippen molar-refractivity contribution >= 4 is 27.7 Å². The molecule has 1 atom stereocenters. The second kappa shape index (κ2) is 9.85. The number of carbonyl (C=O) groups excluding carboxylic acids is 2. The fraction of sp³-hybridized carbons (Fsp3) is 0.333. The Hall–Kier alpha value is -3.13. The molecule has 35 heavy (non-hydrogen) atoms. The lowest BCUT2D eigenvalue weighted by atomic mass is 9.70. The number of Topliss-reactive ketones (excluding diaryl/α,β-unsaturated/α-hetero) is 1. The van der Waals surface area contributed by atoms with Crippen molar-refractivity contribution in [3.8, 4) is 5.75 Å². The molecule has 0 aromatic heterocycles. The standard InChI is InChI=1S/C27H27BrFNO5/c1-4-33-26(32)24-22(23-19(31)12-27(2,3)13-21(23)35-25(24)30)17-11-16(28)9-10-20(17)34-14-15-7-5-6-8-18(15)29/h5-11,22H,4,12-14,30H2,1-3H3. The first-order valence-corrected chi connectivity index (χ1v) is 12.2. The molecule has 0 bridgehead atoms. The predicted molar refractivity (Wildman–Crippen MR) is 132 cm³/mol. The highest BCUT2D eigenvalue weighted by atomic mass is 79.9. The van der Waals surface area contributed by atoms with Gasteiger partial charge in [0, 0.05) is 34.0 Å². The topological polar surface area (TPSA) is 87.9 Å². The Balaban J connectivity index is 1.85. The minimum Gasteiger partial charge on any atom is -0.488 e. The first-order valence-electron chi connectivity index (χ1n) is 11.4. The van der Waals surface area contributed by atoms with Gasteiger partial charge in [0.2, 0.25) is 5.88 Å². The van der Waals surface area contributed by atoms with E-state index in [-0.39, 0.29) is 41.7 Å². The molecule has 0 saturated heterocycles. The third kappa shape index (κ3) is 5.12. The van der Waals surface area contributed by atoms with Crippen molar-refractivity contribution in [3.63, 3.8) is 0 Å². The number of hydrogen-bond acceptors (Lipinski definition) is 6. The molecule has 1 aliphatic heterocycles. The van der Waals surface area contributed by atoms with Crippen LogP contribution >= 0.6 is 15.9 Å². The van der Waals surface area contributed by atoms with Crippen LogP contribution in [0, 0.1) is 11.2 Å². The number of allylic oxidation sites excluding steroid dienone is 2. The number of ketones is 1. The summed E-state index contributed by atoms with van der Waals surface area (Å²) in [6.45, 7) is 5.75. The molecule has 8 heteroatoms. The van der Waals surface area contributed by atoms with E-state index in [1.165, 1.54) is 6.07 Å². The lowest BCUT2D eigenvalue weighted by molar-refractivity contribution is -0.139. The molecule has 0 radical (unpaired) electrons. The van der Waals surface area contributed by atoms with Gasteiger partial charge in [-0.3, -0.25) is 4.79 Å². The van der Waals surface area contributed by atoms with Crippen molar-refractivity contribution in [1.29, 1.82) is 0 Å². The summed E-state index contributed by atoms with van der Waals surface area (Å²) in [7, 11) is 0. The average molecular weight is 544 g/mol. The molecule has 4 rings (SSSR count). The highest BCUT2D eigenvalue weighted by Gasteiger charge is 2.46. The van der Waals surface area contributed by atoms with Crippen LogP contribution in [-0.4, -0.2) is 18.4 Å². The summed E-state index contributed by atoms with van der Waals surface area (Å²) < 4.78 is 32.1. The van der Waals surface area contributed by atoms with Crippen molar-refractivity contribution in [2.24, 2.45) is 11.1 Å². The number of ether oxygens (including phenoxy) is 3. The lowest BCUT2D eigenvalue weighted by Crippen LogP contribution is -2.35. The van der Waals surface area contributed by atoms with Crippen molar-refractivity contribution in [3.05, 3.63) is 86.7 Å². The summed E-state index contributed by atoms with van der Waals surface area (Å²) in [4.78, 5) is 26.5. The quantitative estimate of drug-likeness (QED) is 0.473. The normalized spacial score (nSPS) is 19.2. The fourth-order valence-corrected chi connectivity index (χ4v) is 4.93. The molecule has 2 aromatic rings. The Bertz CT molecular complexity index is 1250. The van der Waals surface area contributed by atoms with Crippen LogP contribution in [0.5, 0.6) is 5.75 Å². The maximum absolute atomic E-state index is 14.2. The minimum absolute atomic E-state index is 0.0364. The van der Waals surface area contributed by atoms with E-state index in [2.05, 4.69) is 15.9 Å². The van der Waals surface area contributed by atoms with Crippen molar-refractivity contribution < 1.29 is 28.2 Å². The molecule has 6 nitrogen and oxygen atoms in total. The van der Waals surface area contributed by atoms with Crippen molar-refractivity contribution in [2.75, 3.05) is 6.61 Å². The molecule has 0 fully saturated rings. The van der Waals surface area contributed by atoms with Gasteiger partial charge in [0.05, 0.1) is 12.5 Å². The van der Waals surface area contributed by atoms with Gasteiger partial charge in [0.25, 0.3) is 0 Å². The zero-order valence-electron chi connectivity index (χ0n) is 19.8. The van der Waals surface area contributed by atoms with E-state index in [1.54, 1.807) is 43.3 Å². The molecule has 184 valence electrons. The van der Waals surface area contributed by atoms with Crippen molar-refractivity contribution in [1.82, 2.24) is 0 Å². The van der Waals surface area contributed by atoms with Crippen LogP contribution < -0.4 is 10.5 Å². The highest BCUT2D eigenvalue weighted by molar-refractivity contribution is 9.10. The molecule has 2 N–H and O–H groups in total. The number of rotatable bonds is 6. The van der Waals surface area contributed by atoms with Crippen LogP contribution in [0.2, 0.25) is 0 Å². The van der Waals surface area contributed by atoms with Crippen LogP contribution in [0.25, 0.3) is 0 Å². The van der Waals surface area contributed by atoms with Gasteiger partial charge >= 0.3 is 5.97 Å². The van der Waals surface area contributed by atoms with E-state index in [1.807, 2.05) is 13.8 Å². The van der Waals surface area contributed by atoms with E-state index in [0.29, 0.717) is 45.5 Å². The van der Waals surface area contributed by atoms with Gasteiger partial charge in [-0.15, -0.1) is 0 Å².